The second-order valence-electron chi connectivity index (χ2n) is 6.51. The molecule has 1 atom stereocenters. The van der Waals surface area contributed by atoms with Gasteiger partial charge in [-0.2, -0.15) is 0 Å². The predicted octanol–water partition coefficient (Wildman–Crippen LogP) is 3.49. The quantitative estimate of drug-likeness (QED) is 0.384. The molecule has 0 bridgehead atoms. The second kappa shape index (κ2) is 10.0. The third-order valence-corrected chi connectivity index (χ3v) is 4.56. The van der Waals surface area contributed by atoms with Crippen LogP contribution in [-0.4, -0.2) is 42.7 Å². The number of nitro groups is 1. The smallest absolute Gasteiger partial charge is 0.338 e. The van der Waals surface area contributed by atoms with Crippen LogP contribution in [0.15, 0.2) is 42.5 Å². The third-order valence-electron chi connectivity index (χ3n) is 4.32. The molecule has 10 heteroatoms. The zero-order valence-corrected chi connectivity index (χ0v) is 16.6. The van der Waals surface area contributed by atoms with E-state index in [9.17, 15) is 19.7 Å². The molecular weight excluding hydrogens is 416 g/mol. The molecule has 1 fully saturated rings. The van der Waals surface area contributed by atoms with Gasteiger partial charge in [0.15, 0.2) is 6.61 Å². The number of hydrogen-bond donors (Lipinski definition) is 1. The van der Waals surface area contributed by atoms with Crippen molar-refractivity contribution in [2.24, 2.45) is 0 Å². The third kappa shape index (κ3) is 5.91. The molecule has 2 aromatic rings. The van der Waals surface area contributed by atoms with Gasteiger partial charge in [-0.05, 0) is 49.2 Å². The average molecular weight is 435 g/mol. The Morgan fingerprint density at radius 1 is 1.23 bits per heavy atom. The summed E-state index contributed by atoms with van der Waals surface area (Å²) < 4.78 is 15.9. The van der Waals surface area contributed by atoms with Crippen molar-refractivity contribution >= 4 is 29.2 Å². The number of benzene rings is 2. The van der Waals surface area contributed by atoms with E-state index in [2.05, 4.69) is 5.32 Å². The van der Waals surface area contributed by atoms with E-state index < -0.39 is 23.4 Å². The molecule has 3 rings (SSSR count). The van der Waals surface area contributed by atoms with Gasteiger partial charge in [0.1, 0.15) is 5.75 Å². The van der Waals surface area contributed by atoms with Crippen molar-refractivity contribution in [3.8, 4) is 11.5 Å². The first-order valence-corrected chi connectivity index (χ1v) is 9.57. The van der Waals surface area contributed by atoms with E-state index in [1.54, 1.807) is 0 Å². The van der Waals surface area contributed by atoms with Crippen LogP contribution < -0.4 is 10.1 Å². The fourth-order valence-corrected chi connectivity index (χ4v) is 2.97. The molecule has 1 saturated heterocycles. The van der Waals surface area contributed by atoms with E-state index in [4.69, 9.17) is 25.8 Å². The Labute approximate surface area is 177 Å². The van der Waals surface area contributed by atoms with Crippen molar-refractivity contribution < 1.29 is 28.7 Å². The molecule has 0 aromatic heterocycles. The number of esters is 1. The van der Waals surface area contributed by atoms with E-state index in [0.29, 0.717) is 13.2 Å². The first kappa shape index (κ1) is 21.5. The van der Waals surface area contributed by atoms with E-state index in [0.717, 1.165) is 12.8 Å². The molecule has 1 aliphatic rings. The molecule has 30 heavy (non-hydrogen) atoms. The summed E-state index contributed by atoms with van der Waals surface area (Å²) in [5, 5.41) is 14.0. The molecule has 9 nitrogen and oxygen atoms in total. The van der Waals surface area contributed by atoms with Crippen LogP contribution in [-0.2, 0) is 14.3 Å². The molecule has 0 spiro atoms. The second-order valence-corrected chi connectivity index (χ2v) is 6.95. The summed E-state index contributed by atoms with van der Waals surface area (Å²) in [6, 6.07) is 9.84. The fraction of sp³-hybridized carbons (Fsp3) is 0.300. The van der Waals surface area contributed by atoms with Crippen molar-refractivity contribution in [3.05, 3.63) is 63.2 Å². The zero-order chi connectivity index (χ0) is 21.5. The van der Waals surface area contributed by atoms with E-state index in [1.807, 2.05) is 0 Å². The Morgan fingerprint density at radius 3 is 2.67 bits per heavy atom. The van der Waals surface area contributed by atoms with Gasteiger partial charge in [-0.25, -0.2) is 4.79 Å². The van der Waals surface area contributed by atoms with Crippen LogP contribution in [0.4, 0.5) is 5.69 Å². The maximum atomic E-state index is 12.1. The number of carbonyl (C=O) groups is 2. The highest BCUT2D eigenvalue weighted by molar-refractivity contribution is 6.30. The number of rotatable bonds is 8. The Morgan fingerprint density at radius 2 is 2.00 bits per heavy atom. The van der Waals surface area contributed by atoms with Gasteiger partial charge in [-0.15, -0.1) is 0 Å². The molecule has 0 saturated carbocycles. The molecule has 1 heterocycles. The van der Waals surface area contributed by atoms with Crippen molar-refractivity contribution in [1.29, 1.82) is 0 Å². The highest BCUT2D eigenvalue weighted by Crippen LogP contribution is 2.33. The van der Waals surface area contributed by atoms with Gasteiger partial charge in [0.05, 0.1) is 16.6 Å². The van der Waals surface area contributed by atoms with Crippen molar-refractivity contribution in [2.45, 2.75) is 18.9 Å². The van der Waals surface area contributed by atoms with E-state index >= 15 is 0 Å². The Bertz CT molecular complexity index is 927. The number of ether oxygens (including phenoxy) is 3. The predicted molar refractivity (Wildman–Crippen MR) is 107 cm³/mol. The van der Waals surface area contributed by atoms with Gasteiger partial charge in [-0.1, -0.05) is 11.6 Å². The minimum absolute atomic E-state index is 0.00802. The maximum absolute atomic E-state index is 12.1. The minimum atomic E-state index is -0.675. The number of halogens is 1. The number of carbonyl (C=O) groups excluding carboxylic acids is 2. The highest BCUT2D eigenvalue weighted by atomic mass is 35.5. The summed E-state index contributed by atoms with van der Waals surface area (Å²) in [4.78, 5) is 34.4. The average Bonchev–Trinajstić information content (AvgIpc) is 3.26. The Balaban J connectivity index is 1.52. The molecule has 158 valence electrons. The van der Waals surface area contributed by atoms with Gasteiger partial charge in [0.25, 0.3) is 5.91 Å². The van der Waals surface area contributed by atoms with Crippen molar-refractivity contribution in [1.82, 2.24) is 5.32 Å². The number of nitrogens with one attached hydrogen (secondary N) is 1. The van der Waals surface area contributed by atoms with E-state index in [-0.39, 0.29) is 33.9 Å². The molecule has 1 amide bonds. The standard InChI is InChI=1S/C20H19ClN2O7/c21-14-5-8-18(17(10-14)23(26)27)30-15-6-3-13(4-7-15)20(25)29-12-19(24)22-11-16-2-1-9-28-16/h3-8,10,16H,1-2,9,11-12H2,(H,22,24)/t16-/m1/s1. The summed E-state index contributed by atoms with van der Waals surface area (Å²) in [5.41, 5.74) is -0.0696. The van der Waals surface area contributed by atoms with Crippen LogP contribution >= 0.6 is 11.6 Å². The number of nitro benzene ring substituents is 1. The number of amides is 1. The topological polar surface area (TPSA) is 117 Å². The molecular formula is C20H19ClN2O7. The van der Waals surface area contributed by atoms with Crippen LogP contribution in [0, 0.1) is 10.1 Å². The SMILES string of the molecule is O=C(COC(=O)c1ccc(Oc2ccc(Cl)cc2[N+](=O)[O-])cc1)NC[C@H]1CCCO1. The van der Waals surface area contributed by atoms with Crippen molar-refractivity contribution in [2.75, 3.05) is 19.8 Å². The molecule has 0 unspecified atom stereocenters. The van der Waals surface area contributed by atoms with Gasteiger partial charge < -0.3 is 19.5 Å². The summed E-state index contributed by atoms with van der Waals surface area (Å²) in [6.07, 6.45) is 1.88. The lowest BCUT2D eigenvalue weighted by atomic mass is 10.2. The molecule has 1 aliphatic heterocycles. The lowest BCUT2D eigenvalue weighted by Crippen LogP contribution is -2.34. The molecule has 1 N–H and O–H groups in total. The zero-order valence-electron chi connectivity index (χ0n) is 15.8. The van der Waals surface area contributed by atoms with Crippen LogP contribution in [0.5, 0.6) is 11.5 Å². The lowest BCUT2D eigenvalue weighted by molar-refractivity contribution is -0.385. The molecule has 2 aromatic carbocycles. The summed E-state index contributed by atoms with van der Waals surface area (Å²) in [5.74, 6) is -0.783. The van der Waals surface area contributed by atoms with Gasteiger partial charge >= 0.3 is 11.7 Å². The monoisotopic (exact) mass is 434 g/mol. The summed E-state index contributed by atoms with van der Waals surface area (Å²) in [7, 11) is 0. The van der Waals surface area contributed by atoms with Crippen LogP contribution in [0.1, 0.15) is 23.2 Å². The van der Waals surface area contributed by atoms with Gasteiger partial charge in [0.2, 0.25) is 5.75 Å². The van der Waals surface area contributed by atoms with Crippen molar-refractivity contribution in [3.63, 3.8) is 0 Å². The van der Waals surface area contributed by atoms with Crippen LogP contribution in [0.2, 0.25) is 5.02 Å². The normalized spacial score (nSPS) is 15.4. The van der Waals surface area contributed by atoms with E-state index in [1.165, 1.54) is 42.5 Å². The molecule has 0 radical (unpaired) electrons. The minimum Gasteiger partial charge on any atom is -0.452 e. The van der Waals surface area contributed by atoms with Crippen LogP contribution in [0.25, 0.3) is 0 Å². The van der Waals surface area contributed by atoms with Crippen LogP contribution in [0.3, 0.4) is 0 Å². The largest absolute Gasteiger partial charge is 0.452 e. The maximum Gasteiger partial charge on any atom is 0.338 e. The lowest BCUT2D eigenvalue weighted by Gasteiger charge is -2.11. The first-order chi connectivity index (χ1) is 14.4. The summed E-state index contributed by atoms with van der Waals surface area (Å²) >= 11 is 5.78. The Hall–Kier alpha value is -3.17. The summed E-state index contributed by atoms with van der Waals surface area (Å²) in [6.45, 7) is 0.681. The number of hydrogen-bond acceptors (Lipinski definition) is 7. The van der Waals surface area contributed by atoms with Gasteiger partial charge in [0, 0.05) is 24.2 Å². The van der Waals surface area contributed by atoms with Gasteiger partial charge in [-0.3, -0.25) is 14.9 Å². The Kier molecular flexibility index (Phi) is 7.21. The first-order valence-electron chi connectivity index (χ1n) is 9.19. The molecule has 0 aliphatic carbocycles. The number of nitrogens with zero attached hydrogens (tertiary/aromatic N) is 1. The highest BCUT2D eigenvalue weighted by Gasteiger charge is 2.18. The fourth-order valence-electron chi connectivity index (χ4n) is 2.80.